The lowest BCUT2D eigenvalue weighted by Crippen LogP contribution is -2.50. The first-order valence-electron chi connectivity index (χ1n) is 17.5. The normalized spacial score (nSPS) is 11.8. The SMILES string of the molecule is CC(C)CCN(CC(=O)N(CC(=O)C(CC=O)CCc1ccc(O)cc1)CC(C)C)C(=O)CN(CCC(C)C)C(=O)OCc1ccccc1. The van der Waals surface area contributed by atoms with Gasteiger partial charge in [-0.3, -0.25) is 19.3 Å². The number of phenolic OH excluding ortho intramolecular Hbond substituents is 1. The van der Waals surface area contributed by atoms with Crippen molar-refractivity contribution >= 4 is 30.0 Å². The number of aromatic hydroxyl groups is 1. The second-order valence-electron chi connectivity index (χ2n) is 14.1. The molecule has 0 heterocycles. The fraction of sp³-hybridized carbons (Fsp3) is 0.564. The van der Waals surface area contributed by atoms with Crippen LogP contribution in [0.1, 0.15) is 78.4 Å². The number of ketones is 1. The Bertz CT molecular complexity index is 1310. The smallest absolute Gasteiger partial charge is 0.410 e. The van der Waals surface area contributed by atoms with Crippen molar-refractivity contribution in [2.24, 2.45) is 23.7 Å². The van der Waals surface area contributed by atoms with Crippen LogP contribution in [0.2, 0.25) is 0 Å². The number of amides is 3. The van der Waals surface area contributed by atoms with E-state index < -0.39 is 12.0 Å². The van der Waals surface area contributed by atoms with Crippen LogP contribution in [-0.2, 0) is 36.9 Å². The molecular formula is C39H57N3O7. The molecule has 3 amide bonds. The van der Waals surface area contributed by atoms with Crippen molar-refractivity contribution in [1.82, 2.24) is 14.7 Å². The van der Waals surface area contributed by atoms with E-state index in [0.717, 1.165) is 17.4 Å². The quantitative estimate of drug-likeness (QED) is 0.148. The minimum absolute atomic E-state index is 0.0478. The number of nitrogens with zero attached hydrogens (tertiary/aromatic N) is 3. The predicted octanol–water partition coefficient (Wildman–Crippen LogP) is 6.14. The summed E-state index contributed by atoms with van der Waals surface area (Å²) in [7, 11) is 0. The molecule has 2 aromatic carbocycles. The van der Waals surface area contributed by atoms with Crippen molar-refractivity contribution in [2.75, 3.05) is 39.3 Å². The van der Waals surface area contributed by atoms with Crippen LogP contribution in [0.5, 0.6) is 5.75 Å². The summed E-state index contributed by atoms with van der Waals surface area (Å²) in [5.74, 6) is -0.720. The zero-order chi connectivity index (χ0) is 36.3. The van der Waals surface area contributed by atoms with Gasteiger partial charge in [0.2, 0.25) is 11.8 Å². The molecule has 0 aromatic heterocycles. The molecule has 10 nitrogen and oxygen atoms in total. The molecule has 0 saturated heterocycles. The molecule has 0 spiro atoms. The van der Waals surface area contributed by atoms with Crippen LogP contribution in [0.4, 0.5) is 4.79 Å². The highest BCUT2D eigenvalue weighted by atomic mass is 16.6. The van der Waals surface area contributed by atoms with Crippen molar-refractivity contribution in [2.45, 2.75) is 80.3 Å². The first-order chi connectivity index (χ1) is 23.3. The highest BCUT2D eigenvalue weighted by Gasteiger charge is 2.28. The van der Waals surface area contributed by atoms with E-state index in [2.05, 4.69) is 0 Å². The minimum Gasteiger partial charge on any atom is -0.508 e. The molecule has 10 heteroatoms. The molecule has 0 radical (unpaired) electrons. The first-order valence-corrected chi connectivity index (χ1v) is 17.5. The Balaban J connectivity index is 2.19. The number of benzene rings is 2. The van der Waals surface area contributed by atoms with E-state index in [4.69, 9.17) is 4.74 Å². The van der Waals surface area contributed by atoms with Crippen LogP contribution in [0.25, 0.3) is 0 Å². The number of phenols is 1. The summed E-state index contributed by atoms with van der Waals surface area (Å²) < 4.78 is 5.57. The van der Waals surface area contributed by atoms with E-state index in [-0.39, 0.29) is 67.8 Å². The number of Topliss-reactive ketones (excluding diaryl/α,β-unsaturated/α-hetero) is 1. The maximum absolute atomic E-state index is 13.8. The standard InChI is InChI=1S/C39H57N3O7/c1-29(2)18-21-40(37(46)27-41(22-19-30(3)4)39(48)49-28-33-10-8-7-9-11-33)26-38(47)42(24-31(5)6)25-36(45)34(20-23-43)15-12-32-13-16-35(44)17-14-32/h7-11,13-14,16-17,23,29-31,34,44H,12,15,18-22,24-28H2,1-6H3. The third-order valence-corrected chi connectivity index (χ3v) is 8.26. The van der Waals surface area contributed by atoms with Gasteiger partial charge in [-0.05, 0) is 66.7 Å². The molecule has 0 saturated carbocycles. The Morgan fingerprint density at radius 2 is 1.27 bits per heavy atom. The lowest BCUT2D eigenvalue weighted by molar-refractivity contribution is -0.143. The van der Waals surface area contributed by atoms with Crippen molar-refractivity contribution < 1.29 is 33.8 Å². The molecule has 0 fully saturated rings. The van der Waals surface area contributed by atoms with Crippen LogP contribution in [-0.4, -0.2) is 89.1 Å². The number of rotatable bonds is 22. The number of ether oxygens (including phenoxy) is 1. The molecule has 2 rings (SSSR count). The van der Waals surface area contributed by atoms with Crippen molar-refractivity contribution in [1.29, 1.82) is 0 Å². The third kappa shape index (κ3) is 16.2. The zero-order valence-electron chi connectivity index (χ0n) is 30.3. The van der Waals surface area contributed by atoms with Gasteiger partial charge in [-0.2, -0.15) is 0 Å². The van der Waals surface area contributed by atoms with E-state index >= 15 is 0 Å². The van der Waals surface area contributed by atoms with Gasteiger partial charge in [0.25, 0.3) is 0 Å². The highest BCUT2D eigenvalue weighted by molar-refractivity contribution is 5.91. The summed E-state index contributed by atoms with van der Waals surface area (Å²) in [4.78, 5) is 70.3. The van der Waals surface area contributed by atoms with Crippen LogP contribution >= 0.6 is 0 Å². The molecule has 1 unspecified atom stereocenters. The summed E-state index contributed by atoms with van der Waals surface area (Å²) in [6.45, 7) is 12.5. The van der Waals surface area contributed by atoms with Gasteiger partial charge in [0, 0.05) is 32.0 Å². The number of hydrogen-bond acceptors (Lipinski definition) is 7. The second-order valence-corrected chi connectivity index (χ2v) is 14.1. The Morgan fingerprint density at radius 1 is 0.694 bits per heavy atom. The Kier molecular flexibility index (Phi) is 18.1. The number of hydrogen-bond donors (Lipinski definition) is 1. The lowest BCUT2D eigenvalue weighted by atomic mass is 9.92. The number of aryl methyl sites for hydroxylation is 1. The van der Waals surface area contributed by atoms with Gasteiger partial charge in [-0.15, -0.1) is 0 Å². The number of carbonyl (C=O) groups excluding carboxylic acids is 5. The largest absolute Gasteiger partial charge is 0.508 e. The van der Waals surface area contributed by atoms with E-state index in [9.17, 15) is 29.1 Å². The Hall–Kier alpha value is -4.21. The van der Waals surface area contributed by atoms with E-state index in [1.165, 1.54) is 14.7 Å². The van der Waals surface area contributed by atoms with E-state index in [1.807, 2.05) is 71.9 Å². The van der Waals surface area contributed by atoms with Gasteiger partial charge in [0.1, 0.15) is 25.2 Å². The third-order valence-electron chi connectivity index (χ3n) is 8.26. The topological polar surface area (TPSA) is 125 Å². The molecule has 49 heavy (non-hydrogen) atoms. The number of aldehydes is 1. The minimum atomic E-state index is -0.589. The summed E-state index contributed by atoms with van der Waals surface area (Å²) in [5.41, 5.74) is 1.77. The van der Waals surface area contributed by atoms with Crippen LogP contribution < -0.4 is 0 Å². The van der Waals surface area contributed by atoms with Crippen molar-refractivity contribution in [3.63, 3.8) is 0 Å². The molecule has 2 aromatic rings. The lowest BCUT2D eigenvalue weighted by Gasteiger charge is -2.31. The van der Waals surface area contributed by atoms with E-state index in [1.54, 1.807) is 24.3 Å². The average molecular weight is 680 g/mol. The summed E-state index contributed by atoms with van der Waals surface area (Å²) >= 11 is 0. The molecule has 0 aliphatic carbocycles. The average Bonchev–Trinajstić information content (AvgIpc) is 3.05. The molecule has 1 N–H and O–H groups in total. The van der Waals surface area contributed by atoms with Gasteiger partial charge in [-0.25, -0.2) is 4.79 Å². The fourth-order valence-corrected chi connectivity index (χ4v) is 5.23. The van der Waals surface area contributed by atoms with Gasteiger partial charge >= 0.3 is 6.09 Å². The zero-order valence-corrected chi connectivity index (χ0v) is 30.3. The molecular weight excluding hydrogens is 622 g/mol. The molecule has 1 atom stereocenters. The van der Waals surface area contributed by atoms with Gasteiger partial charge in [0.15, 0.2) is 5.78 Å². The molecule has 0 bridgehead atoms. The van der Waals surface area contributed by atoms with Crippen molar-refractivity contribution in [3.05, 3.63) is 65.7 Å². The summed E-state index contributed by atoms with van der Waals surface area (Å²) in [6.07, 6.45) is 2.50. The fourth-order valence-electron chi connectivity index (χ4n) is 5.23. The monoisotopic (exact) mass is 679 g/mol. The maximum Gasteiger partial charge on any atom is 0.410 e. The second kappa shape index (κ2) is 21.7. The molecule has 0 aliphatic heterocycles. The highest BCUT2D eigenvalue weighted by Crippen LogP contribution is 2.18. The first kappa shape index (κ1) is 41.0. The molecule has 270 valence electrons. The van der Waals surface area contributed by atoms with Crippen LogP contribution in [0.3, 0.4) is 0 Å². The van der Waals surface area contributed by atoms with Crippen molar-refractivity contribution in [3.8, 4) is 5.75 Å². The maximum atomic E-state index is 13.8. The van der Waals surface area contributed by atoms with E-state index in [0.29, 0.717) is 51.2 Å². The molecule has 0 aliphatic rings. The number of carbonyl (C=O) groups is 5. The van der Waals surface area contributed by atoms with Crippen LogP contribution in [0, 0.1) is 23.7 Å². The Morgan fingerprint density at radius 3 is 1.84 bits per heavy atom. The van der Waals surface area contributed by atoms with Crippen LogP contribution in [0.15, 0.2) is 54.6 Å². The summed E-state index contributed by atoms with van der Waals surface area (Å²) in [5, 5.41) is 9.57. The summed E-state index contributed by atoms with van der Waals surface area (Å²) in [6, 6.07) is 16.1. The van der Waals surface area contributed by atoms with Gasteiger partial charge < -0.3 is 24.4 Å². The Labute approximate surface area is 292 Å². The van der Waals surface area contributed by atoms with Gasteiger partial charge in [-0.1, -0.05) is 84.0 Å². The predicted molar refractivity (Wildman–Crippen MR) is 191 cm³/mol. The van der Waals surface area contributed by atoms with Gasteiger partial charge in [0.05, 0.1) is 13.1 Å².